The summed E-state index contributed by atoms with van der Waals surface area (Å²) in [5.41, 5.74) is 2.79. The Morgan fingerprint density at radius 3 is 2.62 bits per heavy atom. The van der Waals surface area contributed by atoms with Gasteiger partial charge in [-0.25, -0.2) is 4.68 Å². The van der Waals surface area contributed by atoms with E-state index in [2.05, 4.69) is 24.3 Å². The van der Waals surface area contributed by atoms with Crippen molar-refractivity contribution in [3.05, 3.63) is 41.6 Å². The number of anilines is 1. The number of hydrogen-bond donors (Lipinski definition) is 1. The zero-order chi connectivity index (χ0) is 15.0. The number of nitrogens with one attached hydrogen (secondary N) is 1. The molecule has 1 aliphatic rings. The number of para-hydroxylation sites is 1. The summed E-state index contributed by atoms with van der Waals surface area (Å²) in [6.45, 7) is 7.06. The van der Waals surface area contributed by atoms with Gasteiger partial charge in [0.1, 0.15) is 0 Å². The molecular formula is C17H21N3O. The first-order valence-corrected chi connectivity index (χ1v) is 7.46. The number of nitrogens with zero attached hydrogens (tertiary/aromatic N) is 2. The minimum atomic E-state index is -0.0138. The summed E-state index contributed by atoms with van der Waals surface area (Å²) in [6.07, 6.45) is 1.44. The maximum Gasteiger partial charge on any atom is 0.169 e. The number of ketones is 1. The molecule has 110 valence electrons. The molecule has 1 aromatic carbocycles. The summed E-state index contributed by atoms with van der Waals surface area (Å²) in [7, 11) is 0. The first kappa shape index (κ1) is 13.9. The van der Waals surface area contributed by atoms with Gasteiger partial charge in [0.15, 0.2) is 11.6 Å². The highest BCUT2D eigenvalue weighted by atomic mass is 16.1. The van der Waals surface area contributed by atoms with Gasteiger partial charge in [-0.3, -0.25) is 4.79 Å². The number of Topliss-reactive ketones (excluding diaryl/α,β-unsaturated/α-hetero) is 1. The topological polar surface area (TPSA) is 46.9 Å². The number of hydrogen-bond acceptors (Lipinski definition) is 3. The van der Waals surface area contributed by atoms with E-state index in [1.165, 1.54) is 0 Å². The van der Waals surface area contributed by atoms with Gasteiger partial charge in [0.05, 0.1) is 16.9 Å². The van der Waals surface area contributed by atoms with E-state index in [4.69, 9.17) is 0 Å². The van der Waals surface area contributed by atoms with Crippen molar-refractivity contribution in [2.75, 3.05) is 11.9 Å². The number of rotatable bonds is 3. The summed E-state index contributed by atoms with van der Waals surface area (Å²) in [6, 6.07) is 10.0. The Bertz CT molecular complexity index is 671. The molecule has 0 aliphatic heterocycles. The van der Waals surface area contributed by atoms with Crippen LogP contribution in [0.3, 0.4) is 0 Å². The summed E-state index contributed by atoms with van der Waals surface area (Å²) in [5.74, 6) is 0.913. The van der Waals surface area contributed by atoms with Crippen LogP contribution in [0.15, 0.2) is 30.3 Å². The van der Waals surface area contributed by atoms with Crippen molar-refractivity contribution in [2.45, 2.75) is 33.6 Å². The molecule has 4 nitrogen and oxygen atoms in total. The van der Waals surface area contributed by atoms with E-state index < -0.39 is 0 Å². The zero-order valence-electron chi connectivity index (χ0n) is 12.8. The van der Waals surface area contributed by atoms with E-state index in [0.29, 0.717) is 6.42 Å². The van der Waals surface area contributed by atoms with E-state index in [-0.39, 0.29) is 11.2 Å². The molecule has 2 aromatic rings. The van der Waals surface area contributed by atoms with Crippen molar-refractivity contribution < 1.29 is 4.79 Å². The normalized spacial score (nSPS) is 16.6. The monoisotopic (exact) mass is 283 g/mol. The van der Waals surface area contributed by atoms with E-state index in [9.17, 15) is 4.79 Å². The highest BCUT2D eigenvalue weighted by molar-refractivity contribution is 6.03. The second-order valence-corrected chi connectivity index (χ2v) is 6.39. The van der Waals surface area contributed by atoms with Crippen LogP contribution < -0.4 is 5.32 Å². The van der Waals surface area contributed by atoms with Crippen LogP contribution >= 0.6 is 0 Å². The standard InChI is InChI=1S/C17H21N3O/c1-4-18-16-15-13(10-17(2,3)11-14(15)21)20(19-16)12-8-6-5-7-9-12/h5-9H,4,10-11H2,1-3H3,(H,18,19). The SMILES string of the molecule is CCNc1nn(-c2ccccc2)c2c1C(=O)CC(C)(C)C2. The van der Waals surface area contributed by atoms with Crippen LogP contribution in [0.4, 0.5) is 5.82 Å². The fraction of sp³-hybridized carbons (Fsp3) is 0.412. The van der Waals surface area contributed by atoms with Gasteiger partial charge in [0.25, 0.3) is 0 Å². The lowest BCUT2D eigenvalue weighted by molar-refractivity contribution is 0.0912. The van der Waals surface area contributed by atoms with Gasteiger partial charge in [-0.05, 0) is 30.9 Å². The maximum atomic E-state index is 12.5. The van der Waals surface area contributed by atoms with Gasteiger partial charge in [-0.2, -0.15) is 0 Å². The first-order valence-electron chi connectivity index (χ1n) is 7.46. The number of carbonyl (C=O) groups is 1. The molecular weight excluding hydrogens is 262 g/mol. The van der Waals surface area contributed by atoms with Crippen LogP contribution in [0.25, 0.3) is 5.69 Å². The van der Waals surface area contributed by atoms with Crippen LogP contribution in [-0.2, 0) is 6.42 Å². The number of aromatic nitrogens is 2. The lowest BCUT2D eigenvalue weighted by atomic mass is 9.76. The lowest BCUT2D eigenvalue weighted by Gasteiger charge is -2.29. The predicted molar refractivity (Wildman–Crippen MR) is 84.2 cm³/mol. The second kappa shape index (κ2) is 5.02. The molecule has 4 heteroatoms. The molecule has 1 aliphatic carbocycles. The third-order valence-electron chi connectivity index (χ3n) is 3.89. The highest BCUT2D eigenvalue weighted by Crippen LogP contribution is 2.38. The largest absolute Gasteiger partial charge is 0.368 e. The number of fused-ring (bicyclic) bond motifs is 1. The minimum absolute atomic E-state index is 0.0138. The Morgan fingerprint density at radius 2 is 1.95 bits per heavy atom. The molecule has 0 bridgehead atoms. The van der Waals surface area contributed by atoms with Gasteiger partial charge < -0.3 is 5.32 Å². The van der Waals surface area contributed by atoms with Crippen molar-refractivity contribution in [1.29, 1.82) is 0 Å². The second-order valence-electron chi connectivity index (χ2n) is 6.39. The van der Waals surface area contributed by atoms with Crippen molar-refractivity contribution in [2.24, 2.45) is 5.41 Å². The van der Waals surface area contributed by atoms with E-state index in [1.807, 2.05) is 41.9 Å². The Balaban J connectivity index is 2.18. The molecule has 0 radical (unpaired) electrons. The zero-order valence-corrected chi connectivity index (χ0v) is 12.8. The van der Waals surface area contributed by atoms with Crippen molar-refractivity contribution in [1.82, 2.24) is 9.78 Å². The average Bonchev–Trinajstić information content (AvgIpc) is 2.77. The van der Waals surface area contributed by atoms with Crippen LogP contribution in [0.5, 0.6) is 0 Å². The molecule has 3 rings (SSSR count). The van der Waals surface area contributed by atoms with Crippen molar-refractivity contribution >= 4 is 11.6 Å². The van der Waals surface area contributed by atoms with Gasteiger partial charge in [0, 0.05) is 13.0 Å². The fourth-order valence-corrected chi connectivity index (χ4v) is 3.02. The number of carbonyl (C=O) groups excluding carboxylic acids is 1. The predicted octanol–water partition coefficient (Wildman–Crippen LogP) is 3.46. The lowest BCUT2D eigenvalue weighted by Crippen LogP contribution is -2.28. The third kappa shape index (κ3) is 2.46. The maximum absolute atomic E-state index is 12.5. The number of benzene rings is 1. The molecule has 21 heavy (non-hydrogen) atoms. The van der Waals surface area contributed by atoms with Crippen LogP contribution in [-0.4, -0.2) is 22.1 Å². The van der Waals surface area contributed by atoms with Crippen LogP contribution in [0, 0.1) is 5.41 Å². The Kier molecular flexibility index (Phi) is 3.32. The van der Waals surface area contributed by atoms with Crippen molar-refractivity contribution in [3.63, 3.8) is 0 Å². The van der Waals surface area contributed by atoms with Crippen molar-refractivity contribution in [3.8, 4) is 5.69 Å². The van der Waals surface area contributed by atoms with E-state index in [0.717, 1.165) is 35.7 Å². The third-order valence-corrected chi connectivity index (χ3v) is 3.89. The molecule has 0 spiro atoms. The summed E-state index contributed by atoms with van der Waals surface area (Å²) >= 11 is 0. The smallest absolute Gasteiger partial charge is 0.169 e. The average molecular weight is 283 g/mol. The summed E-state index contributed by atoms with van der Waals surface area (Å²) in [5, 5.41) is 7.88. The first-order chi connectivity index (χ1) is 10.0. The van der Waals surface area contributed by atoms with E-state index in [1.54, 1.807) is 0 Å². The molecule has 1 N–H and O–H groups in total. The van der Waals surface area contributed by atoms with Gasteiger partial charge in [0.2, 0.25) is 0 Å². The molecule has 0 fully saturated rings. The highest BCUT2D eigenvalue weighted by Gasteiger charge is 2.36. The van der Waals surface area contributed by atoms with Gasteiger partial charge >= 0.3 is 0 Å². The van der Waals surface area contributed by atoms with Gasteiger partial charge in [-0.15, -0.1) is 5.10 Å². The Hall–Kier alpha value is -2.10. The fourth-order valence-electron chi connectivity index (χ4n) is 3.02. The van der Waals surface area contributed by atoms with Crippen LogP contribution in [0.1, 0.15) is 43.2 Å². The molecule has 0 unspecified atom stereocenters. The molecule has 0 saturated carbocycles. The Labute approximate surface area is 125 Å². The van der Waals surface area contributed by atoms with Gasteiger partial charge in [-0.1, -0.05) is 32.0 Å². The quantitative estimate of drug-likeness (QED) is 0.938. The molecule has 1 heterocycles. The summed E-state index contributed by atoms with van der Waals surface area (Å²) < 4.78 is 1.92. The molecule has 0 atom stereocenters. The molecule has 1 aromatic heterocycles. The molecule has 0 saturated heterocycles. The minimum Gasteiger partial charge on any atom is -0.368 e. The Morgan fingerprint density at radius 1 is 1.24 bits per heavy atom. The molecule has 0 amide bonds. The summed E-state index contributed by atoms with van der Waals surface area (Å²) in [4.78, 5) is 12.5. The van der Waals surface area contributed by atoms with Crippen LogP contribution in [0.2, 0.25) is 0 Å². The van der Waals surface area contributed by atoms with E-state index >= 15 is 0 Å².